The number of nitrogens with zero attached hydrogens (tertiary/aromatic N) is 1. The molecule has 28 heavy (non-hydrogen) atoms. The van der Waals surface area contributed by atoms with Gasteiger partial charge in [0.2, 0.25) is 0 Å². The molecule has 4 nitrogen and oxygen atoms in total. The van der Waals surface area contributed by atoms with Gasteiger partial charge in [0.05, 0.1) is 6.61 Å². The summed E-state index contributed by atoms with van der Waals surface area (Å²) in [6.45, 7) is 7.15. The van der Waals surface area contributed by atoms with Crippen LogP contribution in [-0.4, -0.2) is 29.1 Å². The highest BCUT2D eigenvalue weighted by atomic mass is 19.1. The number of halogens is 1. The third kappa shape index (κ3) is 8.53. The number of hydrogen-bond donors (Lipinski definition) is 1. The van der Waals surface area contributed by atoms with Gasteiger partial charge in [-0.05, 0) is 60.7 Å². The van der Waals surface area contributed by atoms with E-state index in [2.05, 4.69) is 30.9 Å². The van der Waals surface area contributed by atoms with E-state index >= 15 is 0 Å². The second-order valence-electron chi connectivity index (χ2n) is 7.54. The zero-order valence-corrected chi connectivity index (χ0v) is 16.7. The molecule has 152 valence electrons. The Labute approximate surface area is 166 Å². The minimum atomic E-state index is -0.762. The molecule has 0 aliphatic heterocycles. The van der Waals surface area contributed by atoms with Gasteiger partial charge in [-0.25, -0.2) is 4.39 Å². The van der Waals surface area contributed by atoms with Crippen molar-refractivity contribution in [3.8, 4) is 5.75 Å². The molecule has 0 fully saturated rings. The Balaban J connectivity index is 1.96. The number of carbonyl (C=O) groups is 1. The quantitative estimate of drug-likeness (QED) is 0.514. The minimum Gasteiger partial charge on any atom is -0.493 e. The van der Waals surface area contributed by atoms with Crippen LogP contribution in [0.3, 0.4) is 0 Å². The Morgan fingerprint density at radius 1 is 1.00 bits per heavy atom. The molecular formula is C23H30FNO3. The van der Waals surface area contributed by atoms with Crippen LogP contribution in [0.25, 0.3) is 0 Å². The lowest BCUT2D eigenvalue weighted by molar-refractivity contribution is -0.137. The Morgan fingerprint density at radius 2 is 1.57 bits per heavy atom. The van der Waals surface area contributed by atoms with Crippen molar-refractivity contribution in [2.45, 2.75) is 46.2 Å². The molecule has 0 aliphatic carbocycles. The Kier molecular flexibility index (Phi) is 8.95. The molecule has 0 spiro atoms. The molecule has 0 amide bonds. The van der Waals surface area contributed by atoms with Gasteiger partial charge in [-0.3, -0.25) is 9.69 Å². The number of carboxylic acid groups (broad SMARTS) is 1. The van der Waals surface area contributed by atoms with Crippen molar-refractivity contribution in [2.75, 3.05) is 13.2 Å². The topological polar surface area (TPSA) is 49.8 Å². The summed E-state index contributed by atoms with van der Waals surface area (Å²) in [5.74, 6) is 0.344. The molecular weight excluding hydrogens is 357 g/mol. The van der Waals surface area contributed by atoms with Crippen LogP contribution in [-0.2, 0) is 17.9 Å². The van der Waals surface area contributed by atoms with Crippen molar-refractivity contribution >= 4 is 5.97 Å². The lowest BCUT2D eigenvalue weighted by atomic mass is 10.1. The van der Waals surface area contributed by atoms with Gasteiger partial charge in [-0.1, -0.05) is 38.1 Å². The summed E-state index contributed by atoms with van der Waals surface area (Å²) in [5, 5.41) is 8.82. The Hall–Kier alpha value is -2.40. The van der Waals surface area contributed by atoms with Crippen molar-refractivity contribution < 1.29 is 19.0 Å². The molecule has 0 radical (unpaired) electrons. The molecule has 0 aromatic heterocycles. The Bertz CT molecular complexity index is 714. The lowest BCUT2D eigenvalue weighted by Gasteiger charge is -2.23. The molecule has 2 aromatic carbocycles. The summed E-state index contributed by atoms with van der Waals surface area (Å²) < 4.78 is 18.9. The first-order valence-electron chi connectivity index (χ1n) is 9.82. The van der Waals surface area contributed by atoms with Gasteiger partial charge in [0.25, 0.3) is 0 Å². The van der Waals surface area contributed by atoms with Crippen LogP contribution in [0, 0.1) is 11.7 Å². The molecule has 0 atom stereocenters. The first-order chi connectivity index (χ1) is 13.4. The van der Waals surface area contributed by atoms with Crippen molar-refractivity contribution in [1.82, 2.24) is 4.90 Å². The SMILES string of the molecule is CC(C)COc1ccc(CN(CCCCC(=O)O)Cc2ccc(F)cc2)cc1. The monoisotopic (exact) mass is 387 g/mol. The largest absolute Gasteiger partial charge is 0.493 e. The van der Waals surface area contributed by atoms with Gasteiger partial charge in [0, 0.05) is 19.5 Å². The highest BCUT2D eigenvalue weighted by Gasteiger charge is 2.09. The zero-order valence-electron chi connectivity index (χ0n) is 16.7. The molecule has 0 unspecified atom stereocenters. The molecule has 2 aromatic rings. The third-order valence-electron chi connectivity index (χ3n) is 4.35. The Morgan fingerprint density at radius 3 is 2.11 bits per heavy atom. The maximum Gasteiger partial charge on any atom is 0.303 e. The molecule has 1 N–H and O–H groups in total. The van der Waals surface area contributed by atoms with E-state index in [9.17, 15) is 9.18 Å². The second kappa shape index (κ2) is 11.4. The van der Waals surface area contributed by atoms with Crippen molar-refractivity contribution in [3.05, 3.63) is 65.5 Å². The number of aliphatic carboxylic acids is 1. The van der Waals surface area contributed by atoms with Crippen LogP contribution >= 0.6 is 0 Å². The molecule has 0 saturated heterocycles. The van der Waals surface area contributed by atoms with Crippen LogP contribution in [0.4, 0.5) is 4.39 Å². The van der Waals surface area contributed by atoms with Gasteiger partial charge >= 0.3 is 5.97 Å². The highest BCUT2D eigenvalue weighted by molar-refractivity contribution is 5.66. The van der Waals surface area contributed by atoms with Gasteiger partial charge in [0.1, 0.15) is 11.6 Å². The number of ether oxygens (including phenoxy) is 1. The summed E-state index contributed by atoms with van der Waals surface area (Å²) >= 11 is 0. The van der Waals surface area contributed by atoms with E-state index in [-0.39, 0.29) is 12.2 Å². The molecule has 0 saturated carbocycles. The summed E-state index contributed by atoms with van der Waals surface area (Å²) in [6, 6.07) is 14.6. The van der Waals surface area contributed by atoms with Gasteiger partial charge in [-0.2, -0.15) is 0 Å². The molecule has 0 heterocycles. The number of carboxylic acids is 1. The first-order valence-corrected chi connectivity index (χ1v) is 9.82. The van der Waals surface area contributed by atoms with Crippen LogP contribution < -0.4 is 4.74 Å². The standard InChI is InChI=1S/C23H30FNO3/c1-18(2)17-28-22-12-8-20(9-13-22)16-25(14-4-3-5-23(26)27)15-19-6-10-21(24)11-7-19/h6-13,18H,3-5,14-17H2,1-2H3,(H,26,27). The number of unbranched alkanes of at least 4 members (excludes halogenated alkanes) is 1. The van der Waals surface area contributed by atoms with Crippen LogP contribution in [0.1, 0.15) is 44.2 Å². The predicted molar refractivity (Wildman–Crippen MR) is 109 cm³/mol. The fraction of sp³-hybridized carbons (Fsp3) is 0.435. The average Bonchev–Trinajstić information content (AvgIpc) is 2.66. The van der Waals surface area contributed by atoms with Crippen molar-refractivity contribution in [3.63, 3.8) is 0 Å². The summed E-state index contributed by atoms with van der Waals surface area (Å²) in [5.41, 5.74) is 2.20. The molecule has 2 rings (SSSR count). The van der Waals surface area contributed by atoms with E-state index in [0.717, 1.165) is 36.4 Å². The predicted octanol–water partition coefficient (Wildman–Crippen LogP) is 5.12. The number of hydrogen-bond acceptors (Lipinski definition) is 3. The van der Waals surface area contributed by atoms with E-state index in [0.29, 0.717) is 25.5 Å². The third-order valence-corrected chi connectivity index (χ3v) is 4.35. The maximum absolute atomic E-state index is 13.2. The van der Waals surface area contributed by atoms with E-state index in [1.165, 1.54) is 12.1 Å². The maximum atomic E-state index is 13.2. The highest BCUT2D eigenvalue weighted by Crippen LogP contribution is 2.17. The van der Waals surface area contributed by atoms with Gasteiger partial charge < -0.3 is 9.84 Å². The van der Waals surface area contributed by atoms with Crippen LogP contribution in [0.15, 0.2) is 48.5 Å². The zero-order chi connectivity index (χ0) is 20.4. The van der Waals surface area contributed by atoms with Crippen LogP contribution in [0.5, 0.6) is 5.75 Å². The van der Waals surface area contributed by atoms with Crippen LogP contribution in [0.2, 0.25) is 0 Å². The summed E-state index contributed by atoms with van der Waals surface area (Å²) in [7, 11) is 0. The van der Waals surface area contributed by atoms with Crippen molar-refractivity contribution in [2.24, 2.45) is 5.92 Å². The van der Waals surface area contributed by atoms with E-state index in [4.69, 9.17) is 9.84 Å². The summed E-state index contributed by atoms with van der Waals surface area (Å²) in [4.78, 5) is 13.0. The molecule has 5 heteroatoms. The molecule has 0 aliphatic rings. The number of rotatable bonds is 12. The summed E-state index contributed by atoms with van der Waals surface area (Å²) in [6.07, 6.45) is 1.65. The minimum absolute atomic E-state index is 0.187. The smallest absolute Gasteiger partial charge is 0.303 e. The van der Waals surface area contributed by atoms with E-state index in [1.54, 1.807) is 12.1 Å². The van der Waals surface area contributed by atoms with Crippen molar-refractivity contribution in [1.29, 1.82) is 0 Å². The fourth-order valence-electron chi connectivity index (χ4n) is 2.89. The second-order valence-corrected chi connectivity index (χ2v) is 7.54. The number of benzene rings is 2. The lowest BCUT2D eigenvalue weighted by Crippen LogP contribution is -2.24. The van der Waals surface area contributed by atoms with E-state index in [1.807, 2.05) is 12.1 Å². The average molecular weight is 387 g/mol. The normalized spacial score (nSPS) is 11.2. The van der Waals surface area contributed by atoms with E-state index < -0.39 is 5.97 Å². The fourth-order valence-corrected chi connectivity index (χ4v) is 2.89. The van der Waals surface area contributed by atoms with Gasteiger partial charge in [-0.15, -0.1) is 0 Å². The van der Waals surface area contributed by atoms with Gasteiger partial charge in [0.15, 0.2) is 0 Å². The molecule has 0 bridgehead atoms. The first kappa shape index (κ1) is 21.9.